The Morgan fingerprint density at radius 2 is 2.00 bits per heavy atom. The van der Waals surface area contributed by atoms with E-state index in [4.69, 9.17) is 10.8 Å². The summed E-state index contributed by atoms with van der Waals surface area (Å²) in [5, 5.41) is 12.4. The maximum atomic E-state index is 11.3. The van der Waals surface area contributed by atoms with Gasteiger partial charge >= 0.3 is 12.0 Å². The van der Waals surface area contributed by atoms with Gasteiger partial charge in [-0.05, 0) is 12.0 Å². The van der Waals surface area contributed by atoms with Gasteiger partial charge in [0.25, 0.3) is 0 Å². The Bertz CT molecular complexity index is 456. The van der Waals surface area contributed by atoms with Crippen LogP contribution in [0.25, 0.3) is 0 Å². The molecular formula is C14H19N3O3. The Morgan fingerprint density at radius 1 is 1.30 bits per heavy atom. The summed E-state index contributed by atoms with van der Waals surface area (Å²) < 4.78 is 0. The molecule has 1 fully saturated rings. The second-order valence-electron chi connectivity index (χ2n) is 5.08. The lowest BCUT2D eigenvalue weighted by atomic mass is 9.94. The quantitative estimate of drug-likeness (QED) is 0.752. The molecule has 0 aliphatic carbocycles. The molecular weight excluding hydrogens is 258 g/mol. The van der Waals surface area contributed by atoms with Gasteiger partial charge in [0.05, 0.1) is 5.92 Å². The molecule has 2 atom stereocenters. The molecule has 0 radical (unpaired) electrons. The number of primary amides is 1. The minimum absolute atomic E-state index is 0.0578. The number of carbonyl (C=O) groups excluding carboxylic acids is 1. The van der Waals surface area contributed by atoms with Crippen molar-refractivity contribution in [1.82, 2.24) is 10.2 Å². The van der Waals surface area contributed by atoms with Crippen LogP contribution in [0.4, 0.5) is 4.79 Å². The molecule has 0 spiro atoms. The van der Waals surface area contributed by atoms with Gasteiger partial charge in [-0.3, -0.25) is 4.79 Å². The van der Waals surface area contributed by atoms with E-state index >= 15 is 0 Å². The largest absolute Gasteiger partial charge is 0.481 e. The third kappa shape index (κ3) is 3.71. The highest BCUT2D eigenvalue weighted by Crippen LogP contribution is 2.17. The van der Waals surface area contributed by atoms with Crippen LogP contribution in [0.15, 0.2) is 30.3 Å². The lowest BCUT2D eigenvalue weighted by Gasteiger charge is -2.35. The number of amides is 2. The first-order valence-electron chi connectivity index (χ1n) is 6.60. The van der Waals surface area contributed by atoms with Gasteiger partial charge in [-0.25, -0.2) is 4.79 Å². The minimum atomic E-state index is -0.887. The number of piperidine rings is 1. The summed E-state index contributed by atoms with van der Waals surface area (Å²) >= 11 is 0. The average molecular weight is 277 g/mol. The van der Waals surface area contributed by atoms with E-state index in [9.17, 15) is 9.59 Å². The van der Waals surface area contributed by atoms with Gasteiger partial charge in [0.2, 0.25) is 0 Å². The number of urea groups is 1. The maximum absolute atomic E-state index is 11.3. The molecule has 108 valence electrons. The molecule has 1 heterocycles. The number of hydrogen-bond acceptors (Lipinski definition) is 3. The van der Waals surface area contributed by atoms with E-state index in [2.05, 4.69) is 5.32 Å². The third-order valence-electron chi connectivity index (χ3n) is 3.55. The first-order chi connectivity index (χ1) is 9.56. The van der Waals surface area contributed by atoms with Crippen molar-refractivity contribution < 1.29 is 14.7 Å². The van der Waals surface area contributed by atoms with Crippen molar-refractivity contribution in [3.8, 4) is 0 Å². The molecule has 1 aromatic rings. The first-order valence-corrected chi connectivity index (χ1v) is 6.60. The maximum Gasteiger partial charge on any atom is 0.314 e. The van der Waals surface area contributed by atoms with Crippen molar-refractivity contribution in [1.29, 1.82) is 0 Å². The Labute approximate surface area is 117 Å². The fourth-order valence-corrected chi connectivity index (χ4v) is 2.46. The number of hydrogen-bond donors (Lipinski definition) is 3. The average Bonchev–Trinajstić information content (AvgIpc) is 2.45. The molecule has 20 heavy (non-hydrogen) atoms. The van der Waals surface area contributed by atoms with Gasteiger partial charge in [0.1, 0.15) is 0 Å². The molecule has 1 aromatic carbocycles. The topological polar surface area (TPSA) is 95.7 Å². The summed E-state index contributed by atoms with van der Waals surface area (Å²) in [5.41, 5.74) is 6.39. The van der Waals surface area contributed by atoms with E-state index in [1.54, 1.807) is 0 Å². The number of aliphatic carboxylic acids is 1. The molecule has 1 aliphatic heterocycles. The van der Waals surface area contributed by atoms with Crippen LogP contribution in [0.1, 0.15) is 12.0 Å². The highest BCUT2D eigenvalue weighted by atomic mass is 16.4. The molecule has 6 heteroatoms. The molecule has 6 nitrogen and oxygen atoms in total. The van der Waals surface area contributed by atoms with Gasteiger partial charge in [0.15, 0.2) is 0 Å². The second-order valence-corrected chi connectivity index (χ2v) is 5.08. The van der Waals surface area contributed by atoms with E-state index in [-0.39, 0.29) is 12.6 Å². The number of carboxylic acids is 1. The Hall–Kier alpha value is -2.08. The zero-order valence-electron chi connectivity index (χ0n) is 11.2. The molecule has 0 bridgehead atoms. The van der Waals surface area contributed by atoms with Crippen LogP contribution in [-0.4, -0.2) is 41.1 Å². The number of carboxylic acid groups (broad SMARTS) is 1. The van der Waals surface area contributed by atoms with Crippen LogP contribution < -0.4 is 11.1 Å². The molecule has 1 saturated heterocycles. The lowest BCUT2D eigenvalue weighted by molar-refractivity contribution is -0.143. The molecule has 1 aliphatic rings. The minimum Gasteiger partial charge on any atom is -0.481 e. The van der Waals surface area contributed by atoms with Crippen LogP contribution in [0.3, 0.4) is 0 Å². The monoisotopic (exact) mass is 277 g/mol. The van der Waals surface area contributed by atoms with Crippen LogP contribution in [0.5, 0.6) is 0 Å². The standard InChI is InChI=1S/C14H19N3O3/c15-14(20)17-8-11(13(18)19)6-12(9-17)16-7-10-4-2-1-3-5-10/h1-5,11-12,16H,6-9H2,(H2,15,20)(H,18,19). The SMILES string of the molecule is NC(=O)N1CC(NCc2ccccc2)CC(C(=O)O)C1. The van der Waals surface area contributed by atoms with Crippen molar-refractivity contribution in [2.45, 2.75) is 19.0 Å². The summed E-state index contributed by atoms with van der Waals surface area (Å²) in [6.45, 7) is 1.28. The second kappa shape index (κ2) is 6.38. The van der Waals surface area contributed by atoms with E-state index in [1.165, 1.54) is 4.90 Å². The smallest absolute Gasteiger partial charge is 0.314 e. The number of benzene rings is 1. The van der Waals surface area contributed by atoms with Crippen molar-refractivity contribution in [3.05, 3.63) is 35.9 Å². The number of nitrogens with zero attached hydrogens (tertiary/aromatic N) is 1. The highest BCUT2D eigenvalue weighted by molar-refractivity contribution is 5.75. The fourth-order valence-electron chi connectivity index (χ4n) is 2.46. The summed E-state index contributed by atoms with van der Waals surface area (Å²) in [7, 11) is 0. The van der Waals surface area contributed by atoms with Gasteiger partial charge in [0, 0.05) is 25.7 Å². The number of rotatable bonds is 4. The van der Waals surface area contributed by atoms with Gasteiger partial charge < -0.3 is 21.1 Å². The van der Waals surface area contributed by atoms with Crippen molar-refractivity contribution in [2.24, 2.45) is 11.7 Å². The van der Waals surface area contributed by atoms with Crippen LogP contribution in [0.2, 0.25) is 0 Å². The van der Waals surface area contributed by atoms with Gasteiger partial charge in [-0.1, -0.05) is 30.3 Å². The number of likely N-dealkylation sites (tertiary alicyclic amines) is 1. The Kier molecular flexibility index (Phi) is 4.57. The van der Waals surface area contributed by atoms with Gasteiger partial charge in [-0.15, -0.1) is 0 Å². The van der Waals surface area contributed by atoms with Gasteiger partial charge in [-0.2, -0.15) is 0 Å². The summed E-state index contributed by atoms with van der Waals surface area (Å²) in [6, 6.07) is 9.22. The lowest BCUT2D eigenvalue weighted by Crippen LogP contribution is -2.54. The Balaban J connectivity index is 1.95. The summed E-state index contributed by atoms with van der Waals surface area (Å²) in [6.07, 6.45) is 0.506. The Morgan fingerprint density at radius 3 is 2.60 bits per heavy atom. The predicted octanol–water partition coefficient (Wildman–Crippen LogP) is 0.630. The fraction of sp³-hybridized carbons (Fsp3) is 0.429. The number of carbonyl (C=O) groups is 2. The molecule has 4 N–H and O–H groups in total. The zero-order chi connectivity index (χ0) is 14.5. The predicted molar refractivity (Wildman–Crippen MR) is 74.0 cm³/mol. The van der Waals surface area contributed by atoms with Crippen molar-refractivity contribution in [2.75, 3.05) is 13.1 Å². The zero-order valence-corrected chi connectivity index (χ0v) is 11.2. The normalized spacial score (nSPS) is 22.5. The highest BCUT2D eigenvalue weighted by Gasteiger charge is 2.32. The van der Waals surface area contributed by atoms with Crippen molar-refractivity contribution >= 4 is 12.0 Å². The van der Waals surface area contributed by atoms with Crippen LogP contribution in [-0.2, 0) is 11.3 Å². The third-order valence-corrected chi connectivity index (χ3v) is 3.55. The summed E-state index contributed by atoms with van der Waals surface area (Å²) in [4.78, 5) is 23.8. The molecule has 0 aromatic heterocycles. The molecule has 2 unspecified atom stereocenters. The van der Waals surface area contributed by atoms with Crippen LogP contribution >= 0.6 is 0 Å². The molecule has 2 amide bonds. The van der Waals surface area contributed by atoms with Crippen LogP contribution in [0, 0.1) is 5.92 Å². The number of nitrogens with one attached hydrogen (secondary N) is 1. The van der Waals surface area contributed by atoms with E-state index in [0.29, 0.717) is 19.5 Å². The van der Waals surface area contributed by atoms with E-state index < -0.39 is 17.9 Å². The van der Waals surface area contributed by atoms with Crippen molar-refractivity contribution in [3.63, 3.8) is 0 Å². The van der Waals surface area contributed by atoms with E-state index in [0.717, 1.165) is 5.56 Å². The molecule has 2 rings (SSSR count). The number of nitrogens with two attached hydrogens (primary N) is 1. The van der Waals surface area contributed by atoms with E-state index in [1.807, 2.05) is 30.3 Å². The first kappa shape index (κ1) is 14.3. The molecule has 0 saturated carbocycles. The summed E-state index contributed by atoms with van der Waals surface area (Å²) in [5.74, 6) is -1.45.